The van der Waals surface area contributed by atoms with E-state index in [9.17, 15) is 4.79 Å². The zero-order chi connectivity index (χ0) is 12.7. The molecular formula is C13H18BNO2. The minimum atomic E-state index is -0.317. The molecule has 0 aliphatic carbocycles. The van der Waals surface area contributed by atoms with E-state index in [1.165, 1.54) is 0 Å². The fourth-order valence-electron chi connectivity index (χ4n) is 1.65. The molecule has 4 heteroatoms. The lowest BCUT2D eigenvalue weighted by Crippen LogP contribution is -2.37. The van der Waals surface area contributed by atoms with Gasteiger partial charge in [0.15, 0.2) is 0 Å². The average molecular weight is 231 g/mol. The van der Waals surface area contributed by atoms with Crippen LogP contribution in [-0.4, -0.2) is 31.9 Å². The summed E-state index contributed by atoms with van der Waals surface area (Å²) in [6.07, 6.45) is 8.15. The second kappa shape index (κ2) is 6.99. The Morgan fingerprint density at radius 2 is 2.12 bits per heavy atom. The first-order chi connectivity index (χ1) is 8.17. The second-order valence-electron chi connectivity index (χ2n) is 4.00. The van der Waals surface area contributed by atoms with E-state index in [2.05, 4.69) is 6.58 Å². The first kappa shape index (κ1) is 13.6. The average Bonchev–Trinajstić information content (AvgIpc) is 2.30. The maximum atomic E-state index is 11.8. The number of amides is 1. The summed E-state index contributed by atoms with van der Waals surface area (Å²) in [5.41, 5.74) is 0. The maximum absolute atomic E-state index is 11.8. The molecule has 90 valence electrons. The predicted molar refractivity (Wildman–Crippen MR) is 69.9 cm³/mol. The van der Waals surface area contributed by atoms with Crippen LogP contribution in [0.3, 0.4) is 0 Å². The van der Waals surface area contributed by atoms with Gasteiger partial charge in [-0.2, -0.15) is 0 Å². The topological polar surface area (TPSA) is 29.5 Å². The van der Waals surface area contributed by atoms with Crippen molar-refractivity contribution in [1.82, 2.24) is 4.90 Å². The highest BCUT2D eigenvalue weighted by Crippen LogP contribution is 2.19. The molecule has 2 radical (unpaired) electrons. The molecule has 1 amide bonds. The molecule has 1 aliphatic rings. The lowest BCUT2D eigenvalue weighted by molar-refractivity contribution is 0.122. The number of ether oxygens (including phenoxy) is 1. The van der Waals surface area contributed by atoms with E-state index in [0.717, 1.165) is 12.8 Å². The smallest absolute Gasteiger partial charge is 0.410 e. The van der Waals surface area contributed by atoms with Crippen LogP contribution in [-0.2, 0) is 4.74 Å². The van der Waals surface area contributed by atoms with Crippen LogP contribution >= 0.6 is 0 Å². The highest BCUT2D eigenvalue weighted by molar-refractivity contribution is 6.11. The van der Waals surface area contributed by atoms with Gasteiger partial charge in [0.1, 0.15) is 5.76 Å². The Morgan fingerprint density at radius 1 is 1.47 bits per heavy atom. The summed E-state index contributed by atoms with van der Waals surface area (Å²) >= 11 is 0. The number of carbonyl (C=O) groups is 1. The number of likely N-dealkylation sites (tertiary alicyclic amines) is 1. The molecule has 0 aromatic rings. The number of carbonyl (C=O) groups excluding carboxylic acids is 1. The number of piperidine rings is 1. The number of nitrogens with zero attached hydrogens (tertiary/aromatic N) is 1. The van der Waals surface area contributed by atoms with Gasteiger partial charge in [-0.15, -0.1) is 0 Å². The van der Waals surface area contributed by atoms with Crippen molar-refractivity contribution in [2.45, 2.75) is 25.6 Å². The van der Waals surface area contributed by atoms with E-state index in [0.29, 0.717) is 18.8 Å². The molecule has 0 bridgehead atoms. The molecule has 1 saturated heterocycles. The van der Waals surface area contributed by atoms with E-state index >= 15 is 0 Å². The van der Waals surface area contributed by atoms with Crippen LogP contribution < -0.4 is 0 Å². The molecule has 1 fully saturated rings. The van der Waals surface area contributed by atoms with Crippen LogP contribution in [0.25, 0.3) is 0 Å². The zero-order valence-corrected chi connectivity index (χ0v) is 10.3. The molecule has 3 nitrogen and oxygen atoms in total. The monoisotopic (exact) mass is 231 g/mol. The van der Waals surface area contributed by atoms with Crippen LogP contribution in [0.5, 0.6) is 0 Å². The third kappa shape index (κ3) is 4.51. The molecule has 0 atom stereocenters. The van der Waals surface area contributed by atoms with Crippen LogP contribution in [0, 0.1) is 0 Å². The molecule has 0 aromatic heterocycles. The van der Waals surface area contributed by atoms with Gasteiger partial charge in [0.2, 0.25) is 0 Å². The molecule has 0 N–H and O–H groups in total. The standard InChI is InChI=1S/C13H18BNO2/c1-3-5-12(6-4-2)17-13(16)15-9-7-11(14)8-10-15/h3-6,11H,1,7-10H2,2H3/b6-4-,12-5+. The number of rotatable bonds is 3. The van der Waals surface area contributed by atoms with Crippen LogP contribution in [0.4, 0.5) is 4.79 Å². The van der Waals surface area contributed by atoms with E-state index in [1.807, 2.05) is 13.0 Å². The van der Waals surface area contributed by atoms with Gasteiger partial charge < -0.3 is 9.64 Å². The maximum Gasteiger partial charge on any atom is 0.415 e. The highest BCUT2D eigenvalue weighted by Gasteiger charge is 2.21. The molecule has 0 aromatic carbocycles. The number of hydrogen-bond acceptors (Lipinski definition) is 2. The summed E-state index contributed by atoms with van der Waals surface area (Å²) in [7, 11) is 5.78. The largest absolute Gasteiger partial charge is 0.415 e. The molecule has 1 heterocycles. The number of hydrogen-bond donors (Lipinski definition) is 0. The Morgan fingerprint density at radius 3 is 2.65 bits per heavy atom. The lowest BCUT2D eigenvalue weighted by atomic mass is 9.80. The Labute approximate surface area is 104 Å². The Balaban J connectivity index is 2.52. The van der Waals surface area contributed by atoms with Crippen molar-refractivity contribution in [3.8, 4) is 0 Å². The van der Waals surface area contributed by atoms with Gasteiger partial charge in [-0.05, 0) is 31.9 Å². The van der Waals surface area contributed by atoms with Crippen molar-refractivity contribution >= 4 is 13.9 Å². The minimum absolute atomic E-state index is 0.206. The summed E-state index contributed by atoms with van der Waals surface area (Å²) in [5.74, 6) is 0.708. The fourth-order valence-corrected chi connectivity index (χ4v) is 1.65. The molecule has 0 saturated carbocycles. The summed E-state index contributed by atoms with van der Waals surface area (Å²) in [6, 6.07) is 0. The van der Waals surface area contributed by atoms with Gasteiger partial charge in [-0.1, -0.05) is 24.5 Å². The van der Waals surface area contributed by atoms with E-state index in [4.69, 9.17) is 12.6 Å². The SMILES string of the molecule is [B]C1CCN(C(=O)OC(/C=C\C)=C/C=C)CC1. The van der Waals surface area contributed by atoms with Crippen molar-refractivity contribution in [2.24, 2.45) is 0 Å². The fraction of sp³-hybridized carbons (Fsp3) is 0.462. The number of allylic oxidation sites excluding steroid dienone is 4. The predicted octanol–water partition coefficient (Wildman–Crippen LogP) is 2.82. The minimum Gasteiger partial charge on any atom is -0.410 e. The van der Waals surface area contributed by atoms with Crippen molar-refractivity contribution < 1.29 is 9.53 Å². The van der Waals surface area contributed by atoms with Gasteiger partial charge in [-0.3, -0.25) is 0 Å². The zero-order valence-electron chi connectivity index (χ0n) is 10.3. The molecule has 0 unspecified atom stereocenters. The van der Waals surface area contributed by atoms with Gasteiger partial charge in [0.05, 0.1) is 7.85 Å². The molecule has 1 aliphatic heterocycles. The Bertz CT molecular complexity index is 328. The summed E-state index contributed by atoms with van der Waals surface area (Å²) in [6.45, 7) is 6.77. The first-order valence-electron chi connectivity index (χ1n) is 5.85. The van der Waals surface area contributed by atoms with Gasteiger partial charge in [0.25, 0.3) is 0 Å². The summed E-state index contributed by atoms with van der Waals surface area (Å²) < 4.78 is 5.26. The quantitative estimate of drug-likeness (QED) is 0.424. The second-order valence-corrected chi connectivity index (χ2v) is 4.00. The third-order valence-corrected chi connectivity index (χ3v) is 2.62. The summed E-state index contributed by atoms with van der Waals surface area (Å²) in [4.78, 5) is 13.5. The van der Waals surface area contributed by atoms with Crippen molar-refractivity contribution in [3.05, 3.63) is 36.6 Å². The van der Waals surface area contributed by atoms with Crippen molar-refractivity contribution in [1.29, 1.82) is 0 Å². The van der Waals surface area contributed by atoms with Gasteiger partial charge >= 0.3 is 6.09 Å². The van der Waals surface area contributed by atoms with E-state index in [1.54, 1.807) is 23.1 Å². The van der Waals surface area contributed by atoms with Gasteiger partial charge in [-0.25, -0.2) is 4.79 Å². The molecule has 17 heavy (non-hydrogen) atoms. The molecule has 1 rings (SSSR count). The van der Waals surface area contributed by atoms with Crippen molar-refractivity contribution in [3.63, 3.8) is 0 Å². The normalized spacial score (nSPS) is 18.4. The van der Waals surface area contributed by atoms with E-state index < -0.39 is 0 Å². The van der Waals surface area contributed by atoms with Crippen molar-refractivity contribution in [2.75, 3.05) is 13.1 Å². The van der Waals surface area contributed by atoms with Crippen LogP contribution in [0.1, 0.15) is 19.8 Å². The van der Waals surface area contributed by atoms with Crippen LogP contribution in [0.2, 0.25) is 5.82 Å². The van der Waals surface area contributed by atoms with Crippen LogP contribution in [0.15, 0.2) is 36.6 Å². The first-order valence-corrected chi connectivity index (χ1v) is 5.85. The van der Waals surface area contributed by atoms with Gasteiger partial charge in [0, 0.05) is 13.1 Å². The Kier molecular flexibility index (Phi) is 5.60. The summed E-state index contributed by atoms with van der Waals surface area (Å²) in [5, 5.41) is 0. The lowest BCUT2D eigenvalue weighted by Gasteiger charge is -2.29. The molecule has 0 spiro atoms. The molecular weight excluding hydrogens is 213 g/mol. The highest BCUT2D eigenvalue weighted by atomic mass is 16.6. The third-order valence-electron chi connectivity index (χ3n) is 2.62. The van der Waals surface area contributed by atoms with E-state index in [-0.39, 0.29) is 11.9 Å². The Hall–Kier alpha value is -1.45.